The molecule has 0 radical (unpaired) electrons. The molecule has 0 N–H and O–H groups in total. The zero-order chi connectivity index (χ0) is 29.3. The van der Waals surface area contributed by atoms with Gasteiger partial charge in [-0.05, 0) is 11.1 Å². The number of carbonyl (C=O) groups excluding carboxylic acids is 2. The maximum atomic E-state index is 12.1. The van der Waals surface area contributed by atoms with E-state index in [2.05, 4.69) is 13.2 Å². The van der Waals surface area contributed by atoms with Crippen molar-refractivity contribution in [1.82, 2.24) is 0 Å². The highest BCUT2D eigenvalue weighted by Crippen LogP contribution is 2.43. The first-order valence-corrected chi connectivity index (χ1v) is 13.5. The molecule has 42 heavy (non-hydrogen) atoms. The van der Waals surface area contributed by atoms with Crippen LogP contribution in [0.2, 0.25) is 0 Å². The number of carbonyl (C=O) groups is 2. The van der Waals surface area contributed by atoms with E-state index in [1.165, 1.54) is 0 Å². The van der Waals surface area contributed by atoms with Crippen molar-refractivity contribution in [2.24, 2.45) is 0 Å². The van der Waals surface area contributed by atoms with Gasteiger partial charge in [-0.15, -0.1) is 0 Å². The van der Waals surface area contributed by atoms with Gasteiger partial charge < -0.3 is 18.9 Å². The van der Waals surface area contributed by atoms with E-state index in [1.54, 1.807) is 0 Å². The highest BCUT2D eigenvalue weighted by molar-refractivity contribution is 6.11. The molecule has 210 valence electrons. The van der Waals surface area contributed by atoms with Gasteiger partial charge in [0.05, 0.1) is 0 Å². The maximum Gasteiger partial charge on any atom is 0.330 e. The first-order valence-electron chi connectivity index (χ1n) is 13.5. The molecule has 0 aromatic heterocycles. The minimum Gasteiger partial charge on any atom is -0.488 e. The Bertz CT molecular complexity index is 1530. The van der Waals surface area contributed by atoms with Gasteiger partial charge in [0.2, 0.25) is 0 Å². The lowest BCUT2D eigenvalue weighted by Gasteiger charge is -2.23. The van der Waals surface area contributed by atoms with Crippen molar-refractivity contribution in [1.29, 1.82) is 0 Å². The Balaban J connectivity index is 1.52. The van der Waals surface area contributed by atoms with Crippen LogP contribution < -0.4 is 9.47 Å². The third-order valence-electron chi connectivity index (χ3n) is 6.78. The zero-order valence-corrected chi connectivity index (χ0v) is 23.0. The third kappa shape index (κ3) is 6.34. The average Bonchev–Trinajstić information content (AvgIpc) is 3.05. The van der Waals surface area contributed by atoms with Gasteiger partial charge in [0.1, 0.15) is 24.7 Å². The van der Waals surface area contributed by atoms with Gasteiger partial charge in [0.15, 0.2) is 12.2 Å². The molecular formula is C36H30O6. The van der Waals surface area contributed by atoms with Crippen molar-refractivity contribution < 1.29 is 28.5 Å². The minimum absolute atomic E-state index is 0.0887. The van der Waals surface area contributed by atoms with E-state index < -0.39 is 24.1 Å². The van der Waals surface area contributed by atoms with Crippen LogP contribution in [0.15, 0.2) is 135 Å². The topological polar surface area (TPSA) is 71.1 Å². The first kappa shape index (κ1) is 28.2. The Morgan fingerprint density at radius 1 is 0.524 bits per heavy atom. The average molecular weight is 559 g/mol. The van der Waals surface area contributed by atoms with E-state index in [4.69, 9.17) is 18.9 Å². The first-order chi connectivity index (χ1) is 20.6. The molecule has 0 fully saturated rings. The Morgan fingerprint density at radius 2 is 0.833 bits per heavy atom. The summed E-state index contributed by atoms with van der Waals surface area (Å²) in [6, 6.07) is 34.5. The second kappa shape index (κ2) is 13.3. The van der Waals surface area contributed by atoms with Crippen LogP contribution in [-0.4, -0.2) is 25.2 Å². The molecule has 2 unspecified atom stereocenters. The molecule has 0 aliphatic heterocycles. The van der Waals surface area contributed by atoms with Crippen molar-refractivity contribution in [2.75, 3.05) is 13.2 Å². The van der Waals surface area contributed by atoms with Gasteiger partial charge in [-0.25, -0.2) is 9.59 Å². The summed E-state index contributed by atoms with van der Waals surface area (Å²) in [4.78, 5) is 24.3. The van der Waals surface area contributed by atoms with Crippen molar-refractivity contribution in [3.63, 3.8) is 0 Å². The smallest absolute Gasteiger partial charge is 0.330 e. The van der Waals surface area contributed by atoms with E-state index in [9.17, 15) is 9.59 Å². The van der Waals surface area contributed by atoms with Crippen molar-refractivity contribution >= 4 is 33.5 Å². The number of rotatable bonds is 12. The molecule has 0 saturated carbocycles. The van der Waals surface area contributed by atoms with Crippen LogP contribution >= 0.6 is 0 Å². The Hall–Kier alpha value is -5.36. The van der Waals surface area contributed by atoms with Gasteiger partial charge in [-0.1, -0.05) is 122 Å². The predicted octanol–water partition coefficient (Wildman–Crippen LogP) is 7.69. The van der Waals surface area contributed by atoms with Crippen LogP contribution in [0.4, 0.5) is 0 Å². The number of ether oxygens (including phenoxy) is 4. The second-order valence-corrected chi connectivity index (χ2v) is 9.45. The number of esters is 2. The largest absolute Gasteiger partial charge is 0.488 e. The quantitative estimate of drug-likeness (QED) is 0.0888. The lowest BCUT2D eigenvalue weighted by molar-refractivity contribution is -0.145. The number of benzene rings is 5. The summed E-state index contributed by atoms with van der Waals surface area (Å²) >= 11 is 0. The molecule has 6 heteroatoms. The maximum absolute atomic E-state index is 12.1. The van der Waals surface area contributed by atoms with E-state index in [0.29, 0.717) is 11.5 Å². The standard InChI is InChI=1S/C36H30O6/c1-3-33(37)41-31(25-15-7-5-8-16-25)23-39-35-27-19-11-13-21-29(27)36(30-22-14-12-20-28(30)35)40-24-32(42-34(38)4-2)26-17-9-6-10-18-26/h3-22,31-32H,1-2,23-24H2. The van der Waals surface area contributed by atoms with Gasteiger partial charge in [0, 0.05) is 33.7 Å². The summed E-state index contributed by atoms with van der Waals surface area (Å²) < 4.78 is 24.2. The fourth-order valence-corrected chi connectivity index (χ4v) is 4.79. The predicted molar refractivity (Wildman–Crippen MR) is 163 cm³/mol. The molecule has 0 aliphatic rings. The summed E-state index contributed by atoms with van der Waals surface area (Å²) in [6.45, 7) is 7.23. The molecule has 6 nitrogen and oxygen atoms in total. The molecule has 5 aromatic carbocycles. The van der Waals surface area contributed by atoms with E-state index in [0.717, 1.165) is 44.8 Å². The van der Waals surface area contributed by atoms with Crippen LogP contribution in [0.25, 0.3) is 21.5 Å². The van der Waals surface area contributed by atoms with Gasteiger partial charge in [-0.3, -0.25) is 0 Å². The minimum atomic E-state index is -0.642. The lowest BCUT2D eigenvalue weighted by Crippen LogP contribution is -2.18. The summed E-state index contributed by atoms with van der Waals surface area (Å²) in [5, 5.41) is 3.31. The Morgan fingerprint density at radius 3 is 1.14 bits per heavy atom. The molecular weight excluding hydrogens is 528 g/mol. The highest BCUT2D eigenvalue weighted by atomic mass is 16.6. The zero-order valence-electron chi connectivity index (χ0n) is 23.0. The summed E-state index contributed by atoms with van der Waals surface area (Å²) in [6.07, 6.45) is 0.997. The molecule has 5 rings (SSSR count). The van der Waals surface area contributed by atoms with Crippen molar-refractivity contribution in [3.8, 4) is 11.5 Å². The normalized spacial score (nSPS) is 12.2. The fourth-order valence-electron chi connectivity index (χ4n) is 4.79. The molecule has 5 aromatic rings. The van der Waals surface area contributed by atoms with Crippen LogP contribution in [0, 0.1) is 0 Å². The molecule has 0 saturated heterocycles. The van der Waals surface area contributed by atoms with Crippen LogP contribution in [0.5, 0.6) is 11.5 Å². The van der Waals surface area contributed by atoms with Crippen LogP contribution in [0.1, 0.15) is 23.3 Å². The molecule has 0 aliphatic carbocycles. The van der Waals surface area contributed by atoms with E-state index in [-0.39, 0.29) is 13.2 Å². The molecule has 2 atom stereocenters. The van der Waals surface area contributed by atoms with Crippen molar-refractivity contribution in [2.45, 2.75) is 12.2 Å². The molecule has 0 spiro atoms. The summed E-state index contributed by atoms with van der Waals surface area (Å²) in [5.41, 5.74) is 1.62. The second-order valence-electron chi connectivity index (χ2n) is 9.45. The SMILES string of the molecule is C=CC(=O)OC(COc1c2ccccc2c(OCC(OC(=O)C=C)c2ccccc2)c2ccccc12)c1ccccc1. The summed E-state index contributed by atoms with van der Waals surface area (Å²) in [5.74, 6) is 0.218. The number of fused-ring (bicyclic) bond motifs is 2. The van der Waals surface area contributed by atoms with E-state index in [1.807, 2.05) is 109 Å². The molecule has 0 heterocycles. The van der Waals surface area contributed by atoms with Gasteiger partial charge in [0.25, 0.3) is 0 Å². The molecule has 0 bridgehead atoms. The van der Waals surface area contributed by atoms with Crippen molar-refractivity contribution in [3.05, 3.63) is 146 Å². The van der Waals surface area contributed by atoms with Gasteiger partial charge in [-0.2, -0.15) is 0 Å². The summed E-state index contributed by atoms with van der Waals surface area (Å²) in [7, 11) is 0. The number of hydrogen-bond donors (Lipinski definition) is 0. The van der Waals surface area contributed by atoms with E-state index >= 15 is 0 Å². The monoisotopic (exact) mass is 558 g/mol. The van der Waals surface area contributed by atoms with Gasteiger partial charge >= 0.3 is 11.9 Å². The number of hydrogen-bond acceptors (Lipinski definition) is 6. The highest BCUT2D eigenvalue weighted by Gasteiger charge is 2.22. The van der Waals surface area contributed by atoms with Crippen LogP contribution in [-0.2, 0) is 19.1 Å². The lowest BCUT2D eigenvalue weighted by atomic mass is 10.0. The Kier molecular flexibility index (Phi) is 8.94. The third-order valence-corrected chi connectivity index (χ3v) is 6.78. The van der Waals surface area contributed by atoms with Crippen LogP contribution in [0.3, 0.4) is 0 Å². The Labute approximate surface area is 244 Å². The molecule has 0 amide bonds. The fraction of sp³-hybridized carbons (Fsp3) is 0.111.